The standard InChI is InChI=1S/C18H15ClN2O5/c1-24-15-9-12(18(23)26-8-7-20)14(10-16(15)25-2)21-17(22)11-5-3-4-6-13(11)19/h3-6,9-10H,8H2,1-2H3,(H,21,22). The van der Waals surface area contributed by atoms with E-state index in [0.717, 1.165) is 0 Å². The van der Waals surface area contributed by atoms with Crippen LogP contribution >= 0.6 is 11.6 Å². The Morgan fingerprint density at radius 1 is 1.12 bits per heavy atom. The van der Waals surface area contributed by atoms with Crippen molar-refractivity contribution in [3.8, 4) is 17.6 Å². The zero-order valence-electron chi connectivity index (χ0n) is 14.0. The Kier molecular flexibility index (Phi) is 6.42. The molecule has 0 aliphatic rings. The van der Waals surface area contributed by atoms with Gasteiger partial charge in [-0.15, -0.1) is 0 Å². The van der Waals surface area contributed by atoms with E-state index < -0.39 is 18.5 Å². The summed E-state index contributed by atoms with van der Waals surface area (Å²) in [6, 6.07) is 11.0. The maximum atomic E-state index is 12.5. The Bertz CT molecular complexity index is 876. The van der Waals surface area contributed by atoms with Crippen molar-refractivity contribution >= 4 is 29.2 Å². The number of nitrogens with one attached hydrogen (secondary N) is 1. The highest BCUT2D eigenvalue weighted by Crippen LogP contribution is 2.34. The lowest BCUT2D eigenvalue weighted by Crippen LogP contribution is -2.17. The summed E-state index contributed by atoms with van der Waals surface area (Å²) in [6.45, 7) is -0.426. The fourth-order valence-electron chi connectivity index (χ4n) is 2.16. The number of rotatable bonds is 6. The second-order valence-electron chi connectivity index (χ2n) is 4.92. The average Bonchev–Trinajstić information content (AvgIpc) is 2.65. The summed E-state index contributed by atoms with van der Waals surface area (Å²) in [6.07, 6.45) is 0. The molecule has 2 rings (SSSR count). The highest BCUT2D eigenvalue weighted by Gasteiger charge is 2.21. The van der Waals surface area contributed by atoms with Gasteiger partial charge in [0, 0.05) is 12.1 Å². The zero-order valence-corrected chi connectivity index (χ0v) is 14.8. The largest absolute Gasteiger partial charge is 0.493 e. The summed E-state index contributed by atoms with van der Waals surface area (Å²) in [7, 11) is 2.83. The van der Waals surface area contributed by atoms with E-state index in [9.17, 15) is 9.59 Å². The molecule has 8 heteroatoms. The van der Waals surface area contributed by atoms with Gasteiger partial charge in [0.05, 0.1) is 36.1 Å². The third kappa shape index (κ3) is 4.23. The lowest BCUT2D eigenvalue weighted by Gasteiger charge is -2.15. The Labute approximate surface area is 155 Å². The third-order valence-corrected chi connectivity index (χ3v) is 3.71. The summed E-state index contributed by atoms with van der Waals surface area (Å²) in [5, 5.41) is 11.5. The predicted molar refractivity (Wildman–Crippen MR) is 94.8 cm³/mol. The van der Waals surface area contributed by atoms with E-state index in [-0.39, 0.29) is 27.6 Å². The third-order valence-electron chi connectivity index (χ3n) is 3.38. The summed E-state index contributed by atoms with van der Waals surface area (Å²) in [5.74, 6) is -0.731. The number of carbonyl (C=O) groups excluding carboxylic acids is 2. The molecule has 7 nitrogen and oxygen atoms in total. The molecule has 2 aromatic rings. The number of hydrogen-bond acceptors (Lipinski definition) is 6. The monoisotopic (exact) mass is 374 g/mol. The van der Waals surface area contributed by atoms with Crippen molar-refractivity contribution in [2.75, 3.05) is 26.1 Å². The van der Waals surface area contributed by atoms with Crippen LogP contribution in [0.5, 0.6) is 11.5 Å². The molecule has 1 amide bonds. The molecule has 26 heavy (non-hydrogen) atoms. The van der Waals surface area contributed by atoms with E-state index in [4.69, 9.17) is 31.1 Å². The van der Waals surface area contributed by atoms with Gasteiger partial charge in [-0.3, -0.25) is 4.79 Å². The van der Waals surface area contributed by atoms with Crippen LogP contribution in [0.1, 0.15) is 20.7 Å². The molecule has 134 valence electrons. The normalized spacial score (nSPS) is 9.77. The van der Waals surface area contributed by atoms with Crippen LogP contribution in [0.2, 0.25) is 5.02 Å². The first-order chi connectivity index (χ1) is 12.5. The molecule has 0 aliphatic heterocycles. The van der Waals surface area contributed by atoms with E-state index in [0.29, 0.717) is 5.75 Å². The van der Waals surface area contributed by atoms with E-state index in [1.54, 1.807) is 30.3 Å². The molecule has 0 spiro atoms. The fourth-order valence-corrected chi connectivity index (χ4v) is 2.38. The molecule has 0 heterocycles. The molecule has 1 N–H and O–H groups in total. The van der Waals surface area contributed by atoms with E-state index in [1.165, 1.54) is 26.4 Å². The van der Waals surface area contributed by atoms with Crippen LogP contribution in [-0.2, 0) is 4.74 Å². The molecule has 0 bridgehead atoms. The average molecular weight is 375 g/mol. The van der Waals surface area contributed by atoms with E-state index >= 15 is 0 Å². The molecular weight excluding hydrogens is 360 g/mol. The highest BCUT2D eigenvalue weighted by molar-refractivity contribution is 6.34. The van der Waals surface area contributed by atoms with Crippen molar-refractivity contribution < 1.29 is 23.8 Å². The van der Waals surface area contributed by atoms with Crippen LogP contribution in [0.3, 0.4) is 0 Å². The van der Waals surface area contributed by atoms with Crippen LogP contribution in [0.4, 0.5) is 5.69 Å². The maximum Gasteiger partial charge on any atom is 0.341 e. The number of esters is 1. The van der Waals surface area contributed by atoms with Gasteiger partial charge in [-0.25, -0.2) is 4.79 Å². The quantitative estimate of drug-likeness (QED) is 0.779. The van der Waals surface area contributed by atoms with Crippen molar-refractivity contribution in [1.29, 1.82) is 5.26 Å². The van der Waals surface area contributed by atoms with Gasteiger partial charge < -0.3 is 19.5 Å². The first-order valence-corrected chi connectivity index (χ1v) is 7.75. The Balaban J connectivity index is 2.44. The van der Waals surface area contributed by atoms with Crippen molar-refractivity contribution in [2.45, 2.75) is 0 Å². The second kappa shape index (κ2) is 8.74. The number of carbonyl (C=O) groups is 2. The van der Waals surface area contributed by atoms with Crippen LogP contribution < -0.4 is 14.8 Å². The highest BCUT2D eigenvalue weighted by atomic mass is 35.5. The van der Waals surface area contributed by atoms with Gasteiger partial charge in [-0.05, 0) is 12.1 Å². The Morgan fingerprint density at radius 3 is 2.38 bits per heavy atom. The topological polar surface area (TPSA) is 97.6 Å². The fraction of sp³-hybridized carbons (Fsp3) is 0.167. The van der Waals surface area contributed by atoms with Crippen molar-refractivity contribution in [3.63, 3.8) is 0 Å². The molecule has 0 unspecified atom stereocenters. The number of hydrogen-bond donors (Lipinski definition) is 1. The van der Waals surface area contributed by atoms with Gasteiger partial charge in [0.1, 0.15) is 6.07 Å². The van der Waals surface area contributed by atoms with Gasteiger partial charge in [0.15, 0.2) is 18.1 Å². The van der Waals surface area contributed by atoms with Crippen molar-refractivity contribution in [3.05, 3.63) is 52.5 Å². The lowest BCUT2D eigenvalue weighted by molar-refractivity contribution is 0.0555. The molecule has 0 atom stereocenters. The lowest BCUT2D eigenvalue weighted by atomic mass is 10.1. The molecule has 0 aliphatic carbocycles. The molecule has 0 aromatic heterocycles. The molecule has 2 aromatic carbocycles. The van der Waals surface area contributed by atoms with Gasteiger partial charge in [0.2, 0.25) is 0 Å². The number of methoxy groups -OCH3 is 2. The van der Waals surface area contributed by atoms with E-state index in [2.05, 4.69) is 5.32 Å². The number of ether oxygens (including phenoxy) is 3. The summed E-state index contributed by atoms with van der Waals surface area (Å²) in [5.41, 5.74) is 0.383. The smallest absolute Gasteiger partial charge is 0.341 e. The first-order valence-electron chi connectivity index (χ1n) is 7.37. The van der Waals surface area contributed by atoms with Crippen LogP contribution in [0.25, 0.3) is 0 Å². The van der Waals surface area contributed by atoms with Gasteiger partial charge in [-0.1, -0.05) is 23.7 Å². The minimum Gasteiger partial charge on any atom is -0.493 e. The summed E-state index contributed by atoms with van der Waals surface area (Å²) < 4.78 is 15.2. The zero-order chi connectivity index (χ0) is 19.1. The number of amides is 1. The van der Waals surface area contributed by atoms with Crippen LogP contribution in [0, 0.1) is 11.3 Å². The molecule has 0 radical (unpaired) electrons. The number of nitriles is 1. The first kappa shape index (κ1) is 19.1. The SMILES string of the molecule is COc1cc(NC(=O)c2ccccc2Cl)c(C(=O)OCC#N)cc1OC. The Morgan fingerprint density at radius 2 is 1.77 bits per heavy atom. The Hall–Kier alpha value is -3.24. The van der Waals surface area contributed by atoms with E-state index in [1.807, 2.05) is 0 Å². The summed E-state index contributed by atoms with van der Waals surface area (Å²) >= 11 is 6.03. The van der Waals surface area contributed by atoms with Gasteiger partial charge in [0.25, 0.3) is 5.91 Å². The number of halogens is 1. The molecule has 0 saturated carbocycles. The predicted octanol–water partition coefficient (Wildman–Crippen LogP) is 3.29. The maximum absolute atomic E-state index is 12.5. The van der Waals surface area contributed by atoms with Crippen molar-refractivity contribution in [2.24, 2.45) is 0 Å². The van der Waals surface area contributed by atoms with Crippen molar-refractivity contribution in [1.82, 2.24) is 0 Å². The van der Waals surface area contributed by atoms with Crippen LogP contribution in [0.15, 0.2) is 36.4 Å². The van der Waals surface area contributed by atoms with Crippen LogP contribution in [-0.4, -0.2) is 32.7 Å². The number of anilines is 1. The molecule has 0 fully saturated rings. The molecular formula is C18H15ClN2O5. The minimum absolute atomic E-state index is 0.0123. The molecule has 0 saturated heterocycles. The second-order valence-corrected chi connectivity index (χ2v) is 5.33. The van der Waals surface area contributed by atoms with Gasteiger partial charge in [-0.2, -0.15) is 5.26 Å². The number of benzene rings is 2. The number of nitrogens with zero attached hydrogens (tertiary/aromatic N) is 1. The summed E-state index contributed by atoms with van der Waals surface area (Å²) in [4.78, 5) is 24.7. The minimum atomic E-state index is -0.790. The van der Waals surface area contributed by atoms with Gasteiger partial charge >= 0.3 is 5.97 Å².